The monoisotopic (exact) mass is 210 g/mol. The summed E-state index contributed by atoms with van der Waals surface area (Å²) in [6.07, 6.45) is 4.41. The largest absolute Gasteiger partial charge is 0.463 e. The van der Waals surface area contributed by atoms with Crippen LogP contribution in [0.2, 0.25) is 0 Å². The van der Waals surface area contributed by atoms with E-state index in [9.17, 15) is 9.90 Å². The fraction of sp³-hybridized carbons (Fsp3) is 0.917. The maximum Gasteiger partial charge on any atom is 0.306 e. The van der Waals surface area contributed by atoms with Gasteiger partial charge in [0, 0.05) is 12.3 Å². The molecule has 1 aliphatic heterocycles. The van der Waals surface area contributed by atoms with Crippen LogP contribution in [-0.4, -0.2) is 22.8 Å². The number of rotatable bonds is 0. The molecule has 5 atom stereocenters. The minimum atomic E-state index is -0.603. The first kappa shape index (κ1) is 9.64. The van der Waals surface area contributed by atoms with Crippen LogP contribution in [0.4, 0.5) is 0 Å². The summed E-state index contributed by atoms with van der Waals surface area (Å²) in [6.45, 7) is 1.89. The molecule has 2 aliphatic carbocycles. The molecule has 1 saturated heterocycles. The van der Waals surface area contributed by atoms with Crippen LogP contribution in [0.15, 0.2) is 0 Å². The van der Waals surface area contributed by atoms with Crippen LogP contribution < -0.4 is 0 Å². The van der Waals surface area contributed by atoms with E-state index in [0.29, 0.717) is 24.7 Å². The van der Waals surface area contributed by atoms with E-state index in [2.05, 4.69) is 0 Å². The second kappa shape index (κ2) is 2.97. The van der Waals surface area contributed by atoms with Gasteiger partial charge in [-0.2, -0.15) is 0 Å². The van der Waals surface area contributed by atoms with Crippen LogP contribution in [0.1, 0.15) is 39.0 Å². The van der Waals surface area contributed by atoms with Crippen LogP contribution in [0.25, 0.3) is 0 Å². The lowest BCUT2D eigenvalue weighted by Crippen LogP contribution is -2.44. The third-order valence-electron chi connectivity index (χ3n) is 4.72. The highest BCUT2D eigenvalue weighted by molar-refractivity contribution is 5.70. The quantitative estimate of drug-likeness (QED) is 0.616. The number of ether oxygens (including phenoxy) is 1. The summed E-state index contributed by atoms with van der Waals surface area (Å²) in [4.78, 5) is 11.5. The molecule has 1 heterocycles. The van der Waals surface area contributed by atoms with Crippen molar-refractivity contribution in [1.29, 1.82) is 0 Å². The van der Waals surface area contributed by atoms with Crippen LogP contribution in [0.5, 0.6) is 0 Å². The van der Waals surface area contributed by atoms with Crippen LogP contribution >= 0.6 is 0 Å². The lowest BCUT2D eigenvalue weighted by molar-refractivity contribution is -0.147. The van der Waals surface area contributed by atoms with Crippen LogP contribution in [-0.2, 0) is 9.53 Å². The Morgan fingerprint density at radius 2 is 2.27 bits per heavy atom. The smallest absolute Gasteiger partial charge is 0.306 e. The van der Waals surface area contributed by atoms with Crippen LogP contribution in [0.3, 0.4) is 0 Å². The second-order valence-corrected chi connectivity index (χ2v) is 5.58. The number of aliphatic hydroxyl groups is 1. The van der Waals surface area contributed by atoms with Crippen molar-refractivity contribution in [2.24, 2.45) is 17.8 Å². The maximum absolute atomic E-state index is 11.5. The molecule has 3 heteroatoms. The van der Waals surface area contributed by atoms with E-state index < -0.39 is 5.60 Å². The Morgan fingerprint density at radius 1 is 1.47 bits per heavy atom. The van der Waals surface area contributed by atoms with Crippen molar-refractivity contribution in [1.82, 2.24) is 0 Å². The van der Waals surface area contributed by atoms with Gasteiger partial charge in [0.15, 0.2) is 0 Å². The summed E-state index contributed by atoms with van der Waals surface area (Å²) in [5.74, 6) is 1.05. The molecule has 2 bridgehead atoms. The van der Waals surface area contributed by atoms with Gasteiger partial charge >= 0.3 is 5.97 Å². The van der Waals surface area contributed by atoms with Gasteiger partial charge in [-0.25, -0.2) is 0 Å². The molecule has 2 saturated carbocycles. The van der Waals surface area contributed by atoms with Gasteiger partial charge < -0.3 is 9.84 Å². The summed E-state index contributed by atoms with van der Waals surface area (Å²) in [5.41, 5.74) is -0.603. The number of hydrogen-bond acceptors (Lipinski definition) is 3. The Hall–Kier alpha value is -0.570. The average Bonchev–Trinajstić information content (AvgIpc) is 2.65. The Labute approximate surface area is 89.8 Å². The summed E-state index contributed by atoms with van der Waals surface area (Å²) in [6, 6.07) is 0. The molecule has 15 heavy (non-hydrogen) atoms. The van der Waals surface area contributed by atoms with Crippen molar-refractivity contribution in [2.75, 3.05) is 0 Å². The van der Waals surface area contributed by atoms with Crippen molar-refractivity contribution >= 4 is 5.97 Å². The molecule has 0 radical (unpaired) electrons. The predicted molar refractivity (Wildman–Crippen MR) is 54.1 cm³/mol. The lowest BCUT2D eigenvalue weighted by atomic mass is 9.72. The fourth-order valence-corrected chi connectivity index (χ4v) is 4.16. The van der Waals surface area contributed by atoms with E-state index in [0.717, 1.165) is 12.8 Å². The highest BCUT2D eigenvalue weighted by Gasteiger charge is 2.59. The lowest BCUT2D eigenvalue weighted by Gasteiger charge is -2.38. The van der Waals surface area contributed by atoms with E-state index >= 15 is 0 Å². The maximum atomic E-state index is 11.5. The molecule has 3 rings (SSSR count). The SMILES string of the molecule is CC1CC2(O)C3CCC(C3)C2CC(=O)O1. The second-order valence-electron chi connectivity index (χ2n) is 5.58. The Morgan fingerprint density at radius 3 is 3.07 bits per heavy atom. The van der Waals surface area contributed by atoms with Gasteiger partial charge in [-0.3, -0.25) is 4.79 Å². The highest BCUT2D eigenvalue weighted by Crippen LogP contribution is 2.58. The number of fused-ring (bicyclic) bond motifs is 5. The molecule has 3 fully saturated rings. The van der Waals surface area contributed by atoms with Crippen LogP contribution in [0, 0.1) is 17.8 Å². The molecular formula is C12H18O3. The van der Waals surface area contributed by atoms with Crippen molar-refractivity contribution in [3.8, 4) is 0 Å². The van der Waals surface area contributed by atoms with Gasteiger partial charge in [-0.15, -0.1) is 0 Å². The molecular weight excluding hydrogens is 192 g/mol. The first-order valence-electron chi connectivity index (χ1n) is 6.01. The zero-order valence-electron chi connectivity index (χ0n) is 9.11. The summed E-state index contributed by atoms with van der Waals surface area (Å²) in [7, 11) is 0. The molecule has 0 aromatic heterocycles. The van der Waals surface area contributed by atoms with E-state index in [-0.39, 0.29) is 18.0 Å². The van der Waals surface area contributed by atoms with Gasteiger partial charge in [-0.05, 0) is 38.0 Å². The Kier molecular flexibility index (Phi) is 1.91. The first-order valence-corrected chi connectivity index (χ1v) is 6.01. The predicted octanol–water partition coefficient (Wildman–Crippen LogP) is 1.49. The van der Waals surface area contributed by atoms with Crippen molar-refractivity contribution in [2.45, 2.75) is 50.7 Å². The van der Waals surface area contributed by atoms with Crippen molar-refractivity contribution in [3.05, 3.63) is 0 Å². The summed E-state index contributed by atoms with van der Waals surface area (Å²) in [5, 5.41) is 10.7. The van der Waals surface area contributed by atoms with Gasteiger partial charge in [0.05, 0.1) is 12.0 Å². The fourth-order valence-electron chi connectivity index (χ4n) is 4.16. The minimum Gasteiger partial charge on any atom is -0.463 e. The number of carbonyl (C=O) groups excluding carboxylic acids is 1. The average molecular weight is 210 g/mol. The molecule has 0 aromatic carbocycles. The first-order chi connectivity index (χ1) is 7.09. The topological polar surface area (TPSA) is 46.5 Å². The standard InChI is InChI=1S/C12H18O3/c1-7-6-12(14)9-3-2-8(4-9)10(12)5-11(13)15-7/h7-10,14H,2-6H2,1H3. The summed E-state index contributed by atoms with van der Waals surface area (Å²) >= 11 is 0. The third-order valence-corrected chi connectivity index (χ3v) is 4.72. The third kappa shape index (κ3) is 1.25. The molecule has 1 N–H and O–H groups in total. The molecule has 0 aromatic rings. The van der Waals surface area contributed by atoms with E-state index in [1.165, 1.54) is 6.42 Å². The zero-order valence-corrected chi connectivity index (χ0v) is 9.11. The van der Waals surface area contributed by atoms with E-state index in [4.69, 9.17) is 4.74 Å². The summed E-state index contributed by atoms with van der Waals surface area (Å²) < 4.78 is 5.24. The molecule has 3 nitrogen and oxygen atoms in total. The number of hydrogen-bond donors (Lipinski definition) is 1. The van der Waals surface area contributed by atoms with E-state index in [1.54, 1.807) is 0 Å². The van der Waals surface area contributed by atoms with Gasteiger partial charge in [-0.1, -0.05) is 0 Å². The van der Waals surface area contributed by atoms with Gasteiger partial charge in [0.1, 0.15) is 6.10 Å². The zero-order chi connectivity index (χ0) is 10.6. The minimum absolute atomic E-state index is 0.115. The van der Waals surface area contributed by atoms with Gasteiger partial charge in [0.2, 0.25) is 0 Å². The molecule has 84 valence electrons. The van der Waals surface area contributed by atoms with Crippen molar-refractivity contribution < 1.29 is 14.6 Å². The van der Waals surface area contributed by atoms with Crippen molar-refractivity contribution in [3.63, 3.8) is 0 Å². The van der Waals surface area contributed by atoms with E-state index in [1.807, 2.05) is 6.92 Å². The Balaban J connectivity index is 1.94. The van der Waals surface area contributed by atoms with Gasteiger partial charge in [0.25, 0.3) is 0 Å². The molecule has 0 amide bonds. The number of carbonyl (C=O) groups is 1. The highest BCUT2D eigenvalue weighted by atomic mass is 16.5. The Bertz CT molecular complexity index is 301. The molecule has 3 aliphatic rings. The number of cyclic esters (lactones) is 1. The normalized spacial score (nSPS) is 53.6. The number of esters is 1. The molecule has 5 unspecified atom stereocenters. The molecule has 0 spiro atoms.